The minimum Gasteiger partial charge on any atom is -0.459 e. The molecule has 0 aromatic heterocycles. The number of hydrogen-bond donors (Lipinski definition) is 3. The molecular weight excluding hydrogens is 390 g/mol. The minimum absolute atomic E-state index is 0.135. The van der Waals surface area contributed by atoms with Crippen LogP contribution in [0.4, 0.5) is 4.79 Å². The lowest BCUT2D eigenvalue weighted by Gasteiger charge is -2.31. The monoisotopic (exact) mass is 425 g/mol. The van der Waals surface area contributed by atoms with E-state index in [2.05, 4.69) is 36.5 Å². The molecular formula is C22H35NO5S. The number of esters is 1. The van der Waals surface area contributed by atoms with Crippen molar-refractivity contribution in [3.63, 3.8) is 0 Å². The average Bonchev–Trinajstić information content (AvgIpc) is 3.10. The van der Waals surface area contributed by atoms with E-state index in [9.17, 15) is 19.8 Å². The number of rotatable bonds is 14. The Morgan fingerprint density at radius 2 is 2.00 bits per heavy atom. The summed E-state index contributed by atoms with van der Waals surface area (Å²) in [4.78, 5) is 23.2. The van der Waals surface area contributed by atoms with Gasteiger partial charge in [0.15, 0.2) is 5.79 Å². The van der Waals surface area contributed by atoms with E-state index >= 15 is 0 Å². The topological polar surface area (TPSA) is 95.9 Å². The van der Waals surface area contributed by atoms with Crippen LogP contribution in [-0.2, 0) is 9.53 Å². The van der Waals surface area contributed by atoms with Gasteiger partial charge >= 0.3 is 5.97 Å². The van der Waals surface area contributed by atoms with Crippen molar-refractivity contribution in [1.82, 2.24) is 5.32 Å². The fraction of sp³-hybridized carbons (Fsp3) is 0.636. The van der Waals surface area contributed by atoms with Gasteiger partial charge in [-0.05, 0) is 39.0 Å². The normalized spacial score (nSPS) is 18.8. The highest BCUT2D eigenvalue weighted by Crippen LogP contribution is 2.26. The minimum atomic E-state index is -2.12. The second-order valence-corrected chi connectivity index (χ2v) is 8.21. The maximum atomic E-state index is 11.8. The van der Waals surface area contributed by atoms with Crippen LogP contribution in [0.25, 0.3) is 0 Å². The van der Waals surface area contributed by atoms with Crippen LogP contribution in [0, 0.1) is 0 Å². The van der Waals surface area contributed by atoms with Gasteiger partial charge in [0.25, 0.3) is 5.24 Å². The number of allylic oxidation sites excluding steroid dienone is 5. The van der Waals surface area contributed by atoms with Crippen LogP contribution in [-0.4, -0.2) is 45.1 Å². The Balaban J connectivity index is 2.45. The summed E-state index contributed by atoms with van der Waals surface area (Å²) in [5.41, 5.74) is 0. The molecule has 1 heterocycles. The zero-order valence-corrected chi connectivity index (χ0v) is 18.3. The van der Waals surface area contributed by atoms with Gasteiger partial charge < -0.3 is 20.3 Å². The molecule has 3 N–H and O–H groups in total. The van der Waals surface area contributed by atoms with E-state index in [1.165, 1.54) is 6.08 Å². The Hall–Kier alpha value is -1.57. The maximum Gasteiger partial charge on any atom is 0.330 e. The zero-order chi connectivity index (χ0) is 21.5. The molecule has 1 fully saturated rings. The van der Waals surface area contributed by atoms with Crippen molar-refractivity contribution in [2.24, 2.45) is 0 Å². The third kappa shape index (κ3) is 11.3. The number of carbonyl (C=O) groups is 2. The number of ether oxygens (including phenoxy) is 1. The van der Waals surface area contributed by atoms with Crippen LogP contribution < -0.4 is 5.32 Å². The first kappa shape index (κ1) is 25.5. The van der Waals surface area contributed by atoms with Gasteiger partial charge in [0.2, 0.25) is 0 Å². The van der Waals surface area contributed by atoms with Crippen LogP contribution in [0.3, 0.4) is 0 Å². The van der Waals surface area contributed by atoms with E-state index in [0.29, 0.717) is 6.42 Å². The van der Waals surface area contributed by atoms with Crippen LogP contribution >= 0.6 is 11.8 Å². The van der Waals surface area contributed by atoms with Crippen LogP contribution in [0.15, 0.2) is 36.5 Å². The number of nitrogens with one attached hydrogen (secondary N) is 1. The molecule has 2 atom stereocenters. The summed E-state index contributed by atoms with van der Waals surface area (Å²) >= 11 is 1.02. The van der Waals surface area contributed by atoms with Crippen molar-refractivity contribution >= 4 is 23.0 Å². The second-order valence-electron chi connectivity index (χ2n) is 7.22. The van der Waals surface area contributed by atoms with Gasteiger partial charge in [0.05, 0.1) is 6.04 Å². The van der Waals surface area contributed by atoms with E-state index < -0.39 is 23.9 Å². The highest BCUT2D eigenvalue weighted by molar-refractivity contribution is 8.14. The first-order chi connectivity index (χ1) is 13.9. The van der Waals surface area contributed by atoms with Crippen LogP contribution in [0.5, 0.6) is 0 Å². The number of thioether (sulfide) groups is 1. The Labute approximate surface area is 178 Å². The molecule has 1 saturated heterocycles. The molecule has 6 nitrogen and oxygen atoms in total. The van der Waals surface area contributed by atoms with Crippen LogP contribution in [0.2, 0.25) is 0 Å². The van der Waals surface area contributed by atoms with E-state index in [0.717, 1.165) is 50.3 Å². The first-order valence-electron chi connectivity index (χ1n) is 10.4. The third-order valence-electron chi connectivity index (χ3n) is 4.58. The van der Waals surface area contributed by atoms with Crippen molar-refractivity contribution < 1.29 is 24.5 Å². The van der Waals surface area contributed by atoms with Crippen molar-refractivity contribution in [3.05, 3.63) is 36.5 Å². The Morgan fingerprint density at radius 3 is 2.62 bits per heavy atom. The predicted molar refractivity (Wildman–Crippen MR) is 118 cm³/mol. The molecule has 29 heavy (non-hydrogen) atoms. The molecule has 1 aliphatic rings. The largest absolute Gasteiger partial charge is 0.459 e. The van der Waals surface area contributed by atoms with Gasteiger partial charge in [-0.15, -0.1) is 0 Å². The molecule has 7 heteroatoms. The highest BCUT2D eigenvalue weighted by Gasteiger charge is 2.42. The lowest BCUT2D eigenvalue weighted by atomic mass is 9.97. The van der Waals surface area contributed by atoms with Crippen molar-refractivity contribution in [2.45, 2.75) is 83.1 Å². The molecule has 0 unspecified atom stereocenters. The molecule has 0 bridgehead atoms. The Bertz CT molecular complexity index is 586. The summed E-state index contributed by atoms with van der Waals surface area (Å²) in [5, 5.41) is 23.1. The standard InChI is InChI=1S/C22H35NO5S/c1-3-5-6-7-8-9-10-11-12-13-15-18(28-20(24)14-4-2)16-22(26,27)19-17-29-21(25)23-19/h4,6-9,14,18-19,26-27H,3,5,10-13,15-17H2,1-2H3,(H,23,25)/b7-6+,9-8-,14-4+/t18-,19+/m1/s1. The SMILES string of the molecule is C/C=C/C(=O)O[C@H](CCCCC/C=C\C=C\CCC)CC(O)(O)[C@@H]1CSC(=O)N1. The fourth-order valence-electron chi connectivity index (χ4n) is 2.98. The molecule has 0 spiro atoms. The van der Waals surface area contributed by atoms with E-state index in [1.54, 1.807) is 13.0 Å². The van der Waals surface area contributed by atoms with Crippen molar-refractivity contribution in [1.29, 1.82) is 0 Å². The third-order valence-corrected chi connectivity index (χ3v) is 5.46. The zero-order valence-electron chi connectivity index (χ0n) is 17.5. The summed E-state index contributed by atoms with van der Waals surface area (Å²) in [6, 6.07) is -0.770. The fourth-order valence-corrected chi connectivity index (χ4v) is 3.87. The Morgan fingerprint density at radius 1 is 1.28 bits per heavy atom. The second kappa shape index (κ2) is 14.4. The summed E-state index contributed by atoms with van der Waals surface area (Å²) in [7, 11) is 0. The first-order valence-corrected chi connectivity index (χ1v) is 11.4. The Kier molecular flexibility index (Phi) is 12.7. The maximum absolute atomic E-state index is 11.8. The number of aliphatic hydroxyl groups is 2. The number of hydrogen-bond acceptors (Lipinski definition) is 6. The lowest BCUT2D eigenvalue weighted by Crippen LogP contribution is -2.52. The molecule has 1 aliphatic heterocycles. The van der Waals surface area contributed by atoms with E-state index in [4.69, 9.17) is 4.74 Å². The quantitative estimate of drug-likeness (QED) is 0.127. The number of carbonyl (C=O) groups excluding carboxylic acids is 2. The van der Waals surface area contributed by atoms with Gasteiger partial charge in [0.1, 0.15) is 6.10 Å². The van der Waals surface area contributed by atoms with Gasteiger partial charge in [-0.2, -0.15) is 0 Å². The molecule has 164 valence electrons. The van der Waals surface area contributed by atoms with Crippen LogP contribution in [0.1, 0.15) is 65.2 Å². The van der Waals surface area contributed by atoms with Gasteiger partial charge in [-0.3, -0.25) is 4.79 Å². The molecule has 0 saturated carbocycles. The summed E-state index contributed by atoms with van der Waals surface area (Å²) < 4.78 is 5.41. The lowest BCUT2D eigenvalue weighted by molar-refractivity contribution is -0.199. The van der Waals surface area contributed by atoms with Gasteiger partial charge in [0, 0.05) is 18.2 Å². The smallest absolute Gasteiger partial charge is 0.330 e. The molecule has 1 rings (SSSR count). The number of amides is 1. The summed E-state index contributed by atoms with van der Waals surface area (Å²) in [5.74, 6) is -2.34. The van der Waals surface area contributed by atoms with E-state index in [-0.39, 0.29) is 17.4 Å². The highest BCUT2D eigenvalue weighted by atomic mass is 32.2. The average molecular weight is 426 g/mol. The summed E-state index contributed by atoms with van der Waals surface area (Å²) in [6.45, 7) is 3.87. The molecule has 0 aliphatic carbocycles. The molecule has 0 aromatic carbocycles. The summed E-state index contributed by atoms with van der Waals surface area (Å²) in [6.07, 6.45) is 17.1. The van der Waals surface area contributed by atoms with E-state index in [1.807, 2.05) is 0 Å². The number of unbranched alkanes of at least 4 members (excludes halogenated alkanes) is 4. The van der Waals surface area contributed by atoms with Crippen molar-refractivity contribution in [2.75, 3.05) is 5.75 Å². The molecule has 0 radical (unpaired) electrons. The predicted octanol–water partition coefficient (Wildman–Crippen LogP) is 4.23. The van der Waals surface area contributed by atoms with Crippen molar-refractivity contribution in [3.8, 4) is 0 Å². The molecule has 0 aromatic rings. The van der Waals surface area contributed by atoms with Gasteiger partial charge in [-0.1, -0.05) is 61.9 Å². The molecule has 1 amide bonds. The van der Waals surface area contributed by atoms with Gasteiger partial charge in [-0.25, -0.2) is 4.79 Å².